The topological polar surface area (TPSA) is 50.4 Å². The Labute approximate surface area is 125 Å². The second-order valence-electron chi connectivity index (χ2n) is 5.94. The van der Waals surface area contributed by atoms with Gasteiger partial charge in [-0.15, -0.1) is 0 Å². The summed E-state index contributed by atoms with van der Waals surface area (Å²) in [7, 11) is 5.99. The molecule has 21 heavy (non-hydrogen) atoms. The number of nitrogens with zero attached hydrogens (tertiary/aromatic N) is 2. The quantitative estimate of drug-likeness (QED) is 0.940. The van der Waals surface area contributed by atoms with Gasteiger partial charge >= 0.3 is 0 Å². The summed E-state index contributed by atoms with van der Waals surface area (Å²) in [6.07, 6.45) is 6.62. The van der Waals surface area contributed by atoms with Gasteiger partial charge in [-0.25, -0.2) is 0 Å². The maximum atomic E-state index is 6.20. The second-order valence-corrected chi connectivity index (χ2v) is 5.94. The number of nitrogens with one attached hydrogen (secondary N) is 1. The molecule has 1 aromatic heterocycles. The van der Waals surface area contributed by atoms with Crippen molar-refractivity contribution in [2.75, 3.05) is 21.2 Å². The predicted octanol–water partition coefficient (Wildman–Crippen LogP) is 2.82. The zero-order chi connectivity index (χ0) is 14.8. The van der Waals surface area contributed by atoms with Crippen LogP contribution in [0.5, 0.6) is 11.5 Å². The Morgan fingerprint density at radius 1 is 1.19 bits per heavy atom. The lowest BCUT2D eigenvalue weighted by atomic mass is 9.92. The first-order chi connectivity index (χ1) is 10.2. The molecule has 1 N–H and O–H groups in total. The average Bonchev–Trinajstić information content (AvgIpc) is 2.96. The van der Waals surface area contributed by atoms with Gasteiger partial charge in [-0.05, 0) is 51.9 Å². The number of hydrogen-bond donors (Lipinski definition) is 1. The molecule has 0 spiro atoms. The van der Waals surface area contributed by atoms with E-state index in [0.717, 1.165) is 35.2 Å². The minimum atomic E-state index is 0.277. The number of rotatable bonds is 4. The molecule has 0 saturated heterocycles. The molecule has 1 aliphatic rings. The highest BCUT2D eigenvalue weighted by atomic mass is 16.5. The summed E-state index contributed by atoms with van der Waals surface area (Å²) in [6.45, 7) is 0. The summed E-state index contributed by atoms with van der Waals surface area (Å²) < 4.78 is 11.7. The van der Waals surface area contributed by atoms with E-state index < -0.39 is 0 Å². The van der Waals surface area contributed by atoms with Gasteiger partial charge in [-0.3, -0.25) is 5.10 Å². The first kappa shape index (κ1) is 14.2. The van der Waals surface area contributed by atoms with E-state index in [1.165, 1.54) is 12.8 Å². The van der Waals surface area contributed by atoms with Gasteiger partial charge in [0.25, 0.3) is 0 Å². The molecule has 0 amide bonds. The molecule has 0 unspecified atom stereocenters. The van der Waals surface area contributed by atoms with Crippen molar-refractivity contribution in [1.29, 1.82) is 0 Å². The van der Waals surface area contributed by atoms with Crippen LogP contribution in [0.15, 0.2) is 18.3 Å². The standard InChI is InChI=1S/C16H23N3O2/c1-19(2)11-4-6-12(7-5-11)21-15-9-8-14-13(10-17-18-14)16(15)20-3/h8-12H,4-7H2,1-3H3,(H,17,18). The zero-order valence-corrected chi connectivity index (χ0v) is 12.9. The van der Waals surface area contributed by atoms with Gasteiger partial charge in [0.15, 0.2) is 11.5 Å². The minimum Gasteiger partial charge on any atom is -0.492 e. The van der Waals surface area contributed by atoms with Gasteiger partial charge < -0.3 is 14.4 Å². The van der Waals surface area contributed by atoms with Crippen LogP contribution >= 0.6 is 0 Å². The van der Waals surface area contributed by atoms with E-state index in [1.54, 1.807) is 13.3 Å². The summed E-state index contributed by atoms with van der Waals surface area (Å²) in [5, 5.41) is 7.98. The Bertz CT molecular complexity index is 601. The molecule has 0 aliphatic heterocycles. The van der Waals surface area contributed by atoms with E-state index >= 15 is 0 Å². The van der Waals surface area contributed by atoms with E-state index in [0.29, 0.717) is 6.04 Å². The highest BCUT2D eigenvalue weighted by molar-refractivity contribution is 5.87. The van der Waals surface area contributed by atoms with Crippen LogP contribution in [0.1, 0.15) is 25.7 Å². The number of aromatic nitrogens is 2. The van der Waals surface area contributed by atoms with Crippen molar-refractivity contribution >= 4 is 10.9 Å². The van der Waals surface area contributed by atoms with Crippen LogP contribution in [0.4, 0.5) is 0 Å². The molecule has 0 bridgehead atoms. The normalized spacial score (nSPS) is 22.7. The van der Waals surface area contributed by atoms with Crippen LogP contribution in [-0.2, 0) is 0 Å². The number of aromatic amines is 1. The Morgan fingerprint density at radius 3 is 2.62 bits per heavy atom. The molecule has 5 nitrogen and oxygen atoms in total. The second kappa shape index (κ2) is 5.93. The highest BCUT2D eigenvalue weighted by Gasteiger charge is 2.24. The maximum absolute atomic E-state index is 6.20. The highest BCUT2D eigenvalue weighted by Crippen LogP contribution is 2.36. The molecule has 1 aromatic carbocycles. The van der Waals surface area contributed by atoms with Crippen LogP contribution < -0.4 is 9.47 Å². The molecular weight excluding hydrogens is 266 g/mol. The largest absolute Gasteiger partial charge is 0.492 e. The predicted molar refractivity (Wildman–Crippen MR) is 83.0 cm³/mol. The summed E-state index contributed by atoms with van der Waals surface area (Å²) in [6, 6.07) is 4.64. The number of methoxy groups -OCH3 is 1. The SMILES string of the molecule is COc1c(OC2CCC(N(C)C)CC2)ccc2[nH]ncc12. The number of ether oxygens (including phenoxy) is 2. The van der Waals surface area contributed by atoms with Crippen molar-refractivity contribution in [2.24, 2.45) is 0 Å². The van der Waals surface area contributed by atoms with Crippen molar-refractivity contribution in [1.82, 2.24) is 15.1 Å². The summed E-state index contributed by atoms with van der Waals surface area (Å²) >= 11 is 0. The summed E-state index contributed by atoms with van der Waals surface area (Å²) in [5.41, 5.74) is 0.968. The van der Waals surface area contributed by atoms with Gasteiger partial charge in [0, 0.05) is 6.04 Å². The van der Waals surface area contributed by atoms with E-state index in [-0.39, 0.29) is 6.10 Å². The van der Waals surface area contributed by atoms with Crippen molar-refractivity contribution in [3.63, 3.8) is 0 Å². The fourth-order valence-corrected chi connectivity index (χ4v) is 3.13. The van der Waals surface area contributed by atoms with Crippen molar-refractivity contribution in [3.05, 3.63) is 18.3 Å². The van der Waals surface area contributed by atoms with E-state index in [4.69, 9.17) is 9.47 Å². The summed E-state index contributed by atoms with van der Waals surface area (Å²) in [5.74, 6) is 1.59. The van der Waals surface area contributed by atoms with E-state index in [2.05, 4.69) is 29.2 Å². The van der Waals surface area contributed by atoms with Crippen LogP contribution in [-0.4, -0.2) is 48.4 Å². The Kier molecular flexibility index (Phi) is 4.01. The fourth-order valence-electron chi connectivity index (χ4n) is 3.13. The molecule has 1 heterocycles. The molecule has 0 radical (unpaired) electrons. The zero-order valence-electron chi connectivity index (χ0n) is 12.9. The molecule has 1 fully saturated rings. The van der Waals surface area contributed by atoms with Gasteiger partial charge in [0.05, 0.1) is 30.3 Å². The molecular formula is C16H23N3O2. The van der Waals surface area contributed by atoms with Crippen LogP contribution in [0, 0.1) is 0 Å². The lowest BCUT2D eigenvalue weighted by Crippen LogP contribution is -2.35. The minimum absolute atomic E-state index is 0.277. The first-order valence-corrected chi connectivity index (χ1v) is 7.52. The van der Waals surface area contributed by atoms with E-state index in [9.17, 15) is 0 Å². The molecule has 1 saturated carbocycles. The average molecular weight is 289 g/mol. The molecule has 2 aromatic rings. The third kappa shape index (κ3) is 2.83. The molecule has 0 atom stereocenters. The molecule has 5 heteroatoms. The molecule has 3 rings (SSSR count). The Hall–Kier alpha value is -1.75. The fraction of sp³-hybridized carbons (Fsp3) is 0.562. The van der Waals surface area contributed by atoms with Gasteiger partial charge in [-0.2, -0.15) is 5.10 Å². The Balaban J connectivity index is 1.73. The van der Waals surface area contributed by atoms with Crippen molar-refractivity contribution in [2.45, 2.75) is 37.8 Å². The smallest absolute Gasteiger partial charge is 0.171 e. The number of fused-ring (bicyclic) bond motifs is 1. The number of H-pyrrole nitrogens is 1. The first-order valence-electron chi connectivity index (χ1n) is 7.52. The molecule has 1 aliphatic carbocycles. The van der Waals surface area contributed by atoms with Gasteiger partial charge in [-0.1, -0.05) is 0 Å². The lowest BCUT2D eigenvalue weighted by Gasteiger charge is -2.33. The maximum Gasteiger partial charge on any atom is 0.171 e. The van der Waals surface area contributed by atoms with Crippen LogP contribution in [0.3, 0.4) is 0 Å². The van der Waals surface area contributed by atoms with Gasteiger partial charge in [0.1, 0.15) is 0 Å². The monoisotopic (exact) mass is 289 g/mol. The number of benzene rings is 1. The van der Waals surface area contributed by atoms with Crippen molar-refractivity contribution in [3.8, 4) is 11.5 Å². The summed E-state index contributed by atoms with van der Waals surface area (Å²) in [4.78, 5) is 2.31. The van der Waals surface area contributed by atoms with Crippen molar-refractivity contribution < 1.29 is 9.47 Å². The third-order valence-corrected chi connectivity index (χ3v) is 4.41. The van der Waals surface area contributed by atoms with E-state index in [1.807, 2.05) is 12.1 Å². The third-order valence-electron chi connectivity index (χ3n) is 4.41. The molecule has 114 valence electrons. The van der Waals surface area contributed by atoms with Crippen LogP contribution in [0.2, 0.25) is 0 Å². The van der Waals surface area contributed by atoms with Gasteiger partial charge in [0.2, 0.25) is 0 Å². The van der Waals surface area contributed by atoms with Crippen LogP contribution in [0.25, 0.3) is 10.9 Å². The number of hydrogen-bond acceptors (Lipinski definition) is 4. The Morgan fingerprint density at radius 2 is 1.95 bits per heavy atom. The lowest BCUT2D eigenvalue weighted by molar-refractivity contribution is 0.108.